The summed E-state index contributed by atoms with van der Waals surface area (Å²) in [6.07, 6.45) is -1.20. The maximum Gasteiger partial charge on any atom is 0.303 e. The number of rotatable bonds is 12. The molecule has 2 aromatic rings. The molecule has 1 saturated heterocycles. The lowest BCUT2D eigenvalue weighted by atomic mass is 9.89. The summed E-state index contributed by atoms with van der Waals surface area (Å²) in [6.45, 7) is 5.02. The van der Waals surface area contributed by atoms with Gasteiger partial charge in [0.1, 0.15) is 30.2 Å². The number of ether oxygens (including phenoxy) is 7. The van der Waals surface area contributed by atoms with Crippen LogP contribution >= 0.6 is 11.6 Å². The number of benzene rings is 2. The molecule has 0 unspecified atom stereocenters. The van der Waals surface area contributed by atoms with Gasteiger partial charge in [-0.1, -0.05) is 35.9 Å². The quantitative estimate of drug-likeness (QED) is 0.223. The Morgan fingerprint density at radius 2 is 1.43 bits per heavy atom. The molecule has 5 atom stereocenters. The summed E-state index contributed by atoms with van der Waals surface area (Å²) in [5.41, 5.74) is 1.98. The van der Waals surface area contributed by atoms with Crippen molar-refractivity contribution in [2.24, 2.45) is 0 Å². The Morgan fingerprint density at radius 1 is 0.826 bits per heavy atom. The van der Waals surface area contributed by atoms with E-state index in [1.807, 2.05) is 30.3 Å². The highest BCUT2D eigenvalue weighted by molar-refractivity contribution is 6.31. The van der Waals surface area contributed by atoms with E-state index in [2.05, 4.69) is 0 Å². The van der Waals surface area contributed by atoms with E-state index in [9.17, 15) is 19.2 Å². The minimum atomic E-state index is -1.27. The minimum Gasteiger partial charge on any atom is -0.485 e. The molecule has 0 radical (unpaired) electrons. The molecule has 0 spiro atoms. The lowest BCUT2D eigenvalue weighted by Crippen LogP contribution is -2.59. The normalized spacial score (nSPS) is 23.7. The van der Waals surface area contributed by atoms with E-state index >= 15 is 0 Å². The van der Waals surface area contributed by atoms with Gasteiger partial charge in [0.2, 0.25) is 0 Å². The molecule has 4 rings (SSSR count). The van der Waals surface area contributed by atoms with E-state index in [1.54, 1.807) is 19.2 Å². The zero-order valence-corrected chi connectivity index (χ0v) is 27.5. The molecule has 1 heterocycles. The van der Waals surface area contributed by atoms with Gasteiger partial charge < -0.3 is 33.2 Å². The molecule has 12 heteroatoms. The highest BCUT2D eigenvalue weighted by Gasteiger charge is 2.52. The summed E-state index contributed by atoms with van der Waals surface area (Å²) in [6, 6.07) is 13.0. The monoisotopic (exact) mass is 660 g/mol. The van der Waals surface area contributed by atoms with Crippen LogP contribution in [0.2, 0.25) is 5.02 Å². The third kappa shape index (κ3) is 9.20. The van der Waals surface area contributed by atoms with Gasteiger partial charge in [0.25, 0.3) is 0 Å². The predicted molar refractivity (Wildman–Crippen MR) is 165 cm³/mol. The van der Waals surface area contributed by atoms with Crippen LogP contribution in [0.3, 0.4) is 0 Å². The molecule has 0 N–H and O–H groups in total. The van der Waals surface area contributed by atoms with Crippen LogP contribution in [0, 0.1) is 0 Å². The van der Waals surface area contributed by atoms with Crippen LogP contribution in [0.1, 0.15) is 76.2 Å². The number of esters is 4. The number of carbonyl (C=O) groups is 4. The van der Waals surface area contributed by atoms with Gasteiger partial charge in [-0.3, -0.25) is 19.2 Å². The van der Waals surface area contributed by atoms with Gasteiger partial charge in [0.05, 0.1) is 6.61 Å². The number of halogens is 1. The van der Waals surface area contributed by atoms with E-state index in [1.165, 1.54) is 27.7 Å². The van der Waals surface area contributed by atoms with Crippen LogP contribution < -0.4 is 4.74 Å². The van der Waals surface area contributed by atoms with E-state index in [0.717, 1.165) is 42.6 Å². The van der Waals surface area contributed by atoms with Gasteiger partial charge in [-0.2, -0.15) is 0 Å². The molecule has 1 saturated carbocycles. The Hall–Kier alpha value is -3.67. The van der Waals surface area contributed by atoms with Gasteiger partial charge in [0.15, 0.2) is 18.3 Å². The number of hydrogen-bond donors (Lipinski definition) is 0. The van der Waals surface area contributed by atoms with Crippen LogP contribution in [-0.4, -0.2) is 74.2 Å². The van der Waals surface area contributed by atoms with Crippen LogP contribution in [0.15, 0.2) is 42.5 Å². The fourth-order valence-electron chi connectivity index (χ4n) is 6.11. The Kier molecular flexibility index (Phi) is 12.0. The first kappa shape index (κ1) is 35.2. The fourth-order valence-corrected chi connectivity index (χ4v) is 6.29. The first-order chi connectivity index (χ1) is 21.9. The van der Waals surface area contributed by atoms with Crippen molar-refractivity contribution in [3.63, 3.8) is 0 Å². The highest BCUT2D eigenvalue weighted by Crippen LogP contribution is 2.39. The minimum absolute atomic E-state index is 0.307. The van der Waals surface area contributed by atoms with Crippen LogP contribution in [0.4, 0.5) is 0 Å². The Morgan fingerprint density at radius 3 is 2.02 bits per heavy atom. The van der Waals surface area contributed by atoms with Crippen molar-refractivity contribution < 1.29 is 52.3 Å². The van der Waals surface area contributed by atoms with Crippen molar-refractivity contribution in [2.45, 2.75) is 95.9 Å². The number of methoxy groups -OCH3 is 1. The summed E-state index contributed by atoms with van der Waals surface area (Å²) in [5.74, 6) is -1.88. The van der Waals surface area contributed by atoms with Gasteiger partial charge in [-0.15, -0.1) is 0 Å². The smallest absolute Gasteiger partial charge is 0.303 e. The standard InChI is InChI=1S/C34H41ClO11/c1-20(36)41-18-29-31(42-21(2)37)33(44-23(4)39)32(43-22(3)38)30(45-29)25-10-13-28(35)26(17-25)16-24-8-11-27(12-9-24)46-34(19-40-5)14-6-7-15-34/h8-13,17,29-33H,6-7,14-16,18-19H2,1-5H3/t29-,30+,31-,32+,33+/m1/s1. The molecule has 11 nitrogen and oxygen atoms in total. The second-order valence-corrected chi connectivity index (χ2v) is 12.1. The molecule has 46 heavy (non-hydrogen) atoms. The van der Waals surface area contributed by atoms with Crippen molar-refractivity contribution in [1.82, 2.24) is 0 Å². The number of hydrogen-bond acceptors (Lipinski definition) is 11. The van der Waals surface area contributed by atoms with Crippen LogP contribution in [0.5, 0.6) is 5.75 Å². The maximum atomic E-state index is 12.3. The van der Waals surface area contributed by atoms with Gasteiger partial charge in [-0.05, 0) is 67.0 Å². The Bertz CT molecular complexity index is 1390. The summed E-state index contributed by atoms with van der Waals surface area (Å²) in [5, 5.41) is 0.500. The topological polar surface area (TPSA) is 133 Å². The molecule has 1 aliphatic carbocycles. The molecular formula is C34H41ClO11. The molecular weight excluding hydrogens is 620 g/mol. The molecule has 250 valence electrons. The molecule has 0 amide bonds. The maximum absolute atomic E-state index is 12.3. The third-order valence-electron chi connectivity index (χ3n) is 7.96. The predicted octanol–water partition coefficient (Wildman–Crippen LogP) is 5.07. The largest absolute Gasteiger partial charge is 0.485 e. The van der Waals surface area contributed by atoms with Crippen molar-refractivity contribution in [2.75, 3.05) is 20.3 Å². The first-order valence-electron chi connectivity index (χ1n) is 15.3. The second kappa shape index (κ2) is 15.8. The van der Waals surface area contributed by atoms with E-state index in [4.69, 9.17) is 44.8 Å². The summed E-state index contributed by atoms with van der Waals surface area (Å²) >= 11 is 6.65. The second-order valence-electron chi connectivity index (χ2n) is 11.7. The summed E-state index contributed by atoms with van der Waals surface area (Å²) < 4.78 is 40.0. The summed E-state index contributed by atoms with van der Waals surface area (Å²) in [4.78, 5) is 48.2. The lowest BCUT2D eigenvalue weighted by molar-refractivity contribution is -0.254. The fraction of sp³-hybridized carbons (Fsp3) is 0.529. The van der Waals surface area contributed by atoms with Gasteiger partial charge in [-0.25, -0.2) is 0 Å². The summed E-state index contributed by atoms with van der Waals surface area (Å²) in [7, 11) is 1.69. The van der Waals surface area contributed by atoms with Crippen LogP contribution in [0.25, 0.3) is 0 Å². The van der Waals surface area contributed by atoms with E-state index in [0.29, 0.717) is 23.6 Å². The van der Waals surface area contributed by atoms with E-state index in [-0.39, 0.29) is 12.2 Å². The zero-order valence-electron chi connectivity index (χ0n) is 26.7. The molecule has 2 fully saturated rings. The Balaban J connectivity index is 1.63. The van der Waals surface area contributed by atoms with Crippen LogP contribution in [-0.2, 0) is 54.0 Å². The highest BCUT2D eigenvalue weighted by atomic mass is 35.5. The molecule has 0 bridgehead atoms. The molecule has 0 aromatic heterocycles. The zero-order chi connectivity index (χ0) is 33.4. The van der Waals surface area contributed by atoms with Crippen molar-refractivity contribution in [3.05, 3.63) is 64.2 Å². The van der Waals surface area contributed by atoms with Crippen molar-refractivity contribution >= 4 is 35.5 Å². The molecule has 2 aromatic carbocycles. The van der Waals surface area contributed by atoms with Crippen molar-refractivity contribution in [1.29, 1.82) is 0 Å². The average Bonchev–Trinajstić information content (AvgIpc) is 3.43. The molecule has 2 aliphatic rings. The lowest BCUT2D eigenvalue weighted by Gasteiger charge is -2.44. The SMILES string of the molecule is COCC1(Oc2ccc(Cc3cc([C@@H]4O[C@H](COC(C)=O)[C@@H](OC(C)=O)[C@H](OC(C)=O)[C@H]4OC(C)=O)ccc3Cl)cc2)CCCC1. The van der Waals surface area contributed by atoms with Gasteiger partial charge >= 0.3 is 23.9 Å². The van der Waals surface area contributed by atoms with Crippen molar-refractivity contribution in [3.8, 4) is 5.75 Å². The average molecular weight is 661 g/mol. The third-order valence-corrected chi connectivity index (χ3v) is 8.33. The van der Waals surface area contributed by atoms with Gasteiger partial charge in [0, 0.05) is 39.8 Å². The molecule has 1 aliphatic heterocycles. The first-order valence-corrected chi connectivity index (χ1v) is 15.6. The van der Waals surface area contributed by atoms with E-state index < -0.39 is 54.4 Å². The number of carbonyl (C=O) groups excluding carboxylic acids is 4. The Labute approximate surface area is 273 Å².